The van der Waals surface area contributed by atoms with Gasteiger partial charge in [-0.15, -0.1) is 0 Å². The van der Waals surface area contributed by atoms with E-state index in [-0.39, 0.29) is 5.75 Å². The zero-order chi connectivity index (χ0) is 22.6. The summed E-state index contributed by atoms with van der Waals surface area (Å²) in [4.78, 5) is 22.1. The molecule has 0 saturated heterocycles. The number of aliphatic hydroxyl groups excluding tert-OH is 1. The third-order valence-electron chi connectivity index (χ3n) is 5.36. The normalized spacial score (nSPS) is 20.4. The van der Waals surface area contributed by atoms with Crippen molar-refractivity contribution in [2.75, 3.05) is 12.0 Å². The van der Waals surface area contributed by atoms with Crippen LogP contribution in [0.5, 0.6) is 0 Å². The minimum absolute atomic E-state index is 0.284. The maximum Gasteiger partial charge on any atom is 0.408 e. The van der Waals surface area contributed by atoms with E-state index in [1.165, 1.54) is 76.0 Å². The standard InChI is InChI=1S/C12H23N.C10H19NO5S/c1-3-7-11(8-4-1)13-12-9-5-2-6-10-12;1-10(2,3)16-9(15)11-6(5-17-4)7(12)8(13)14/h11-13H,1-10H2;6-7,12H,5H2,1-4H3,(H,11,15)(H,13,14)/t;6-,7?/m.0/s1. The van der Waals surface area contributed by atoms with E-state index >= 15 is 0 Å². The second-order valence-corrected chi connectivity index (χ2v) is 10.2. The van der Waals surface area contributed by atoms with Crippen LogP contribution >= 0.6 is 11.8 Å². The minimum Gasteiger partial charge on any atom is -0.479 e. The van der Waals surface area contributed by atoms with E-state index in [0.717, 1.165) is 12.1 Å². The zero-order valence-corrected chi connectivity index (χ0v) is 19.9. The van der Waals surface area contributed by atoms with Gasteiger partial charge in [-0.05, 0) is 52.7 Å². The van der Waals surface area contributed by atoms with Crippen LogP contribution in [0.4, 0.5) is 4.79 Å². The number of carbonyl (C=O) groups excluding carboxylic acids is 1. The average Bonchev–Trinajstić information content (AvgIpc) is 2.67. The van der Waals surface area contributed by atoms with Gasteiger partial charge in [0.05, 0.1) is 6.04 Å². The van der Waals surface area contributed by atoms with Gasteiger partial charge in [0.25, 0.3) is 0 Å². The van der Waals surface area contributed by atoms with Crippen LogP contribution in [0.3, 0.4) is 0 Å². The van der Waals surface area contributed by atoms with Crippen LogP contribution in [0.15, 0.2) is 0 Å². The number of hydrogen-bond donors (Lipinski definition) is 4. The summed E-state index contributed by atoms with van der Waals surface area (Å²) in [6.07, 6.45) is 13.9. The fraction of sp³-hybridized carbons (Fsp3) is 0.909. The van der Waals surface area contributed by atoms with Gasteiger partial charge in [0.15, 0.2) is 6.10 Å². The molecule has 1 unspecified atom stereocenters. The first-order chi connectivity index (χ1) is 14.1. The molecule has 0 aliphatic heterocycles. The van der Waals surface area contributed by atoms with E-state index in [0.29, 0.717) is 0 Å². The van der Waals surface area contributed by atoms with Crippen LogP contribution in [-0.2, 0) is 9.53 Å². The summed E-state index contributed by atoms with van der Waals surface area (Å²) in [5.74, 6) is -1.09. The molecular weight excluding hydrogens is 404 g/mol. The molecule has 0 heterocycles. The van der Waals surface area contributed by atoms with Crippen molar-refractivity contribution < 1.29 is 24.5 Å². The number of ether oxygens (including phenoxy) is 1. The van der Waals surface area contributed by atoms with Gasteiger partial charge in [-0.3, -0.25) is 0 Å². The fourth-order valence-electron chi connectivity index (χ4n) is 3.89. The number of amides is 1. The highest BCUT2D eigenvalue weighted by atomic mass is 32.2. The van der Waals surface area contributed by atoms with Gasteiger partial charge in [-0.25, -0.2) is 9.59 Å². The Bertz CT molecular complexity index is 484. The van der Waals surface area contributed by atoms with Crippen LogP contribution in [0, 0.1) is 0 Å². The van der Waals surface area contributed by atoms with E-state index in [9.17, 15) is 14.7 Å². The molecule has 2 saturated carbocycles. The lowest BCUT2D eigenvalue weighted by Crippen LogP contribution is -2.49. The van der Waals surface area contributed by atoms with Gasteiger partial charge in [-0.1, -0.05) is 38.5 Å². The molecule has 0 spiro atoms. The first-order valence-corrected chi connectivity index (χ1v) is 12.7. The number of thioether (sulfide) groups is 1. The lowest BCUT2D eigenvalue weighted by Gasteiger charge is -2.30. The summed E-state index contributed by atoms with van der Waals surface area (Å²) in [5.41, 5.74) is -0.665. The van der Waals surface area contributed by atoms with Crippen LogP contribution in [0.2, 0.25) is 0 Å². The second-order valence-electron chi connectivity index (χ2n) is 9.33. The number of aliphatic carboxylic acids is 1. The first-order valence-electron chi connectivity index (χ1n) is 11.3. The van der Waals surface area contributed by atoms with Crippen molar-refractivity contribution in [3.63, 3.8) is 0 Å². The van der Waals surface area contributed by atoms with E-state index in [4.69, 9.17) is 9.84 Å². The third kappa shape index (κ3) is 12.0. The van der Waals surface area contributed by atoms with Gasteiger partial charge in [-0.2, -0.15) is 11.8 Å². The van der Waals surface area contributed by atoms with E-state index in [2.05, 4.69) is 10.6 Å². The van der Waals surface area contributed by atoms with Gasteiger partial charge in [0.1, 0.15) is 5.60 Å². The lowest BCUT2D eigenvalue weighted by atomic mass is 9.91. The van der Waals surface area contributed by atoms with Crippen LogP contribution in [0.25, 0.3) is 0 Å². The predicted octanol–water partition coefficient (Wildman–Crippen LogP) is 3.93. The molecule has 2 aliphatic carbocycles. The van der Waals surface area contributed by atoms with Gasteiger partial charge in [0.2, 0.25) is 0 Å². The summed E-state index contributed by atoms with van der Waals surface area (Å²) in [6, 6.07) is 0.867. The Kier molecular flexibility index (Phi) is 12.8. The largest absolute Gasteiger partial charge is 0.479 e. The molecular formula is C22H42N2O5S. The molecule has 2 aliphatic rings. The number of aliphatic hydroxyl groups is 1. The highest BCUT2D eigenvalue weighted by Crippen LogP contribution is 2.22. The monoisotopic (exact) mass is 446 g/mol. The van der Waals surface area contributed by atoms with Crippen LogP contribution < -0.4 is 10.6 Å². The number of nitrogens with one attached hydrogen (secondary N) is 2. The number of carboxylic acid groups (broad SMARTS) is 1. The van der Waals surface area contributed by atoms with Crippen molar-refractivity contribution in [3.8, 4) is 0 Å². The van der Waals surface area contributed by atoms with E-state index < -0.39 is 29.8 Å². The van der Waals surface area contributed by atoms with Crippen molar-refractivity contribution in [1.29, 1.82) is 0 Å². The third-order valence-corrected chi connectivity index (χ3v) is 6.06. The summed E-state index contributed by atoms with van der Waals surface area (Å²) in [6.45, 7) is 5.09. The molecule has 8 heteroatoms. The molecule has 30 heavy (non-hydrogen) atoms. The second kappa shape index (κ2) is 14.1. The van der Waals surface area contributed by atoms with Gasteiger partial charge >= 0.3 is 12.1 Å². The number of hydrogen-bond acceptors (Lipinski definition) is 6. The lowest BCUT2D eigenvalue weighted by molar-refractivity contribution is -0.147. The SMILES string of the molecule is C1CCC(NC2CCCCC2)CC1.CSC[C@H](NC(=O)OC(C)(C)C)C(O)C(=O)O. The van der Waals surface area contributed by atoms with E-state index in [1.54, 1.807) is 27.0 Å². The van der Waals surface area contributed by atoms with Gasteiger partial charge in [0, 0.05) is 17.8 Å². The Balaban J connectivity index is 0.000000308. The number of rotatable bonds is 7. The molecule has 2 atom stereocenters. The Morgan fingerprint density at radius 3 is 1.83 bits per heavy atom. The molecule has 2 fully saturated rings. The Hall–Kier alpha value is -0.990. The molecule has 4 N–H and O–H groups in total. The topological polar surface area (TPSA) is 108 Å². The average molecular weight is 447 g/mol. The molecule has 1 amide bonds. The summed E-state index contributed by atoms with van der Waals surface area (Å²) in [5, 5.41) is 24.3. The number of alkyl carbamates (subject to hydrolysis) is 1. The van der Waals surface area contributed by atoms with Gasteiger partial charge < -0.3 is 25.6 Å². The van der Waals surface area contributed by atoms with Crippen molar-refractivity contribution in [1.82, 2.24) is 10.6 Å². The molecule has 0 aromatic carbocycles. The highest BCUT2D eigenvalue weighted by molar-refractivity contribution is 7.98. The Morgan fingerprint density at radius 1 is 1.00 bits per heavy atom. The molecule has 0 radical (unpaired) electrons. The molecule has 0 bridgehead atoms. The quantitative estimate of drug-likeness (QED) is 0.469. The summed E-state index contributed by atoms with van der Waals surface area (Å²) >= 11 is 1.32. The van der Waals surface area contributed by atoms with E-state index in [1.807, 2.05) is 0 Å². The molecule has 176 valence electrons. The van der Waals surface area contributed by atoms with Crippen molar-refractivity contribution in [3.05, 3.63) is 0 Å². The van der Waals surface area contributed by atoms with Crippen LogP contribution in [0.1, 0.15) is 85.0 Å². The summed E-state index contributed by atoms with van der Waals surface area (Å²) in [7, 11) is 0. The fourth-order valence-corrected chi connectivity index (χ4v) is 4.52. The Morgan fingerprint density at radius 2 is 1.47 bits per heavy atom. The maximum absolute atomic E-state index is 11.4. The van der Waals surface area contributed by atoms with Crippen molar-refractivity contribution >= 4 is 23.8 Å². The Labute approximate surface area is 186 Å². The smallest absolute Gasteiger partial charge is 0.408 e. The van der Waals surface area contributed by atoms with Crippen molar-refractivity contribution in [2.45, 2.75) is 115 Å². The van der Waals surface area contributed by atoms with Crippen LogP contribution in [-0.4, -0.2) is 64.1 Å². The number of carbonyl (C=O) groups is 2. The number of carboxylic acids is 1. The summed E-state index contributed by atoms with van der Waals surface area (Å²) < 4.78 is 4.98. The molecule has 7 nitrogen and oxygen atoms in total. The molecule has 0 aromatic heterocycles. The predicted molar refractivity (Wildman–Crippen MR) is 122 cm³/mol. The zero-order valence-electron chi connectivity index (χ0n) is 19.1. The minimum atomic E-state index is -1.64. The highest BCUT2D eigenvalue weighted by Gasteiger charge is 2.28. The first kappa shape index (κ1) is 27.0. The molecule has 2 rings (SSSR count). The van der Waals surface area contributed by atoms with Crippen molar-refractivity contribution in [2.24, 2.45) is 0 Å². The molecule has 0 aromatic rings. The maximum atomic E-state index is 11.4.